The molecule has 1 amide bonds. The predicted octanol–water partition coefficient (Wildman–Crippen LogP) is 4.92. The minimum absolute atomic E-state index is 0.0431. The van der Waals surface area contributed by atoms with E-state index < -0.39 is 17.7 Å². The van der Waals surface area contributed by atoms with Crippen molar-refractivity contribution in [3.8, 4) is 22.5 Å². The Balaban J connectivity index is 1.64. The van der Waals surface area contributed by atoms with E-state index in [1.54, 1.807) is 62.1 Å². The number of ether oxygens (including phenoxy) is 1. The van der Waals surface area contributed by atoms with Crippen molar-refractivity contribution in [1.82, 2.24) is 25.1 Å². The second kappa shape index (κ2) is 10.6. The quantitative estimate of drug-likeness (QED) is 0.367. The fourth-order valence-corrected chi connectivity index (χ4v) is 3.57. The van der Waals surface area contributed by atoms with Crippen LogP contribution in [0.15, 0.2) is 67.0 Å². The van der Waals surface area contributed by atoms with Crippen LogP contribution in [0.3, 0.4) is 0 Å². The molecule has 37 heavy (non-hydrogen) atoms. The molecule has 0 spiro atoms. The third kappa shape index (κ3) is 6.75. The van der Waals surface area contributed by atoms with Crippen LogP contribution >= 0.6 is 0 Å². The van der Waals surface area contributed by atoms with Crippen molar-refractivity contribution in [2.24, 2.45) is 0 Å². The van der Waals surface area contributed by atoms with Crippen molar-refractivity contribution in [3.63, 3.8) is 0 Å². The Hall–Kier alpha value is -4.60. The van der Waals surface area contributed by atoms with Gasteiger partial charge in [0.15, 0.2) is 0 Å². The van der Waals surface area contributed by atoms with Gasteiger partial charge >= 0.3 is 12.1 Å². The monoisotopic (exact) mass is 503 g/mol. The summed E-state index contributed by atoms with van der Waals surface area (Å²) in [6.45, 7) is 5.76. The molecule has 1 aromatic carbocycles. The molecule has 0 aliphatic carbocycles. The highest BCUT2D eigenvalue weighted by Gasteiger charge is 2.18. The number of nitrogens with one attached hydrogen (secondary N) is 1. The number of aromatic carboxylic acids is 1. The van der Waals surface area contributed by atoms with Gasteiger partial charge in [-0.25, -0.2) is 19.0 Å². The van der Waals surface area contributed by atoms with Gasteiger partial charge < -0.3 is 15.2 Å². The second-order valence-electron chi connectivity index (χ2n) is 9.31. The van der Waals surface area contributed by atoms with Gasteiger partial charge in [0, 0.05) is 30.1 Å². The number of carboxylic acids is 1. The lowest BCUT2D eigenvalue weighted by atomic mass is 10.0. The number of carboxylic acid groups (broad SMARTS) is 1. The zero-order chi connectivity index (χ0) is 26.6. The van der Waals surface area contributed by atoms with Crippen LogP contribution in [0.2, 0.25) is 0 Å². The van der Waals surface area contributed by atoms with Crippen LogP contribution < -0.4 is 5.32 Å². The van der Waals surface area contributed by atoms with Gasteiger partial charge in [-0.05, 0) is 74.9 Å². The van der Waals surface area contributed by atoms with E-state index in [4.69, 9.17) is 4.74 Å². The van der Waals surface area contributed by atoms with Crippen LogP contribution in [0.4, 0.5) is 9.18 Å². The molecule has 10 heteroatoms. The average Bonchev–Trinajstić information content (AvgIpc) is 3.30. The summed E-state index contributed by atoms with van der Waals surface area (Å²) in [6.07, 6.45) is 2.84. The lowest BCUT2D eigenvalue weighted by Crippen LogP contribution is -2.32. The number of amides is 1. The Morgan fingerprint density at radius 3 is 2.54 bits per heavy atom. The van der Waals surface area contributed by atoms with E-state index >= 15 is 0 Å². The molecule has 0 aliphatic heterocycles. The number of rotatable bonds is 7. The fourth-order valence-electron chi connectivity index (χ4n) is 3.57. The van der Waals surface area contributed by atoms with E-state index in [0.29, 0.717) is 22.6 Å². The highest BCUT2D eigenvalue weighted by atomic mass is 19.1. The Morgan fingerprint density at radius 1 is 1.08 bits per heavy atom. The zero-order valence-corrected chi connectivity index (χ0v) is 20.6. The molecule has 2 N–H and O–H groups in total. The summed E-state index contributed by atoms with van der Waals surface area (Å²) in [5.41, 5.74) is 3.24. The van der Waals surface area contributed by atoms with Crippen LogP contribution in [0.25, 0.3) is 22.5 Å². The highest BCUT2D eigenvalue weighted by Crippen LogP contribution is 2.27. The van der Waals surface area contributed by atoms with Crippen LogP contribution in [-0.2, 0) is 17.8 Å². The second-order valence-corrected chi connectivity index (χ2v) is 9.31. The first-order valence-corrected chi connectivity index (χ1v) is 11.5. The molecular formula is C27H26FN5O4. The molecule has 4 aromatic rings. The topological polar surface area (TPSA) is 119 Å². The number of hydrogen-bond donors (Lipinski definition) is 2. The first kappa shape index (κ1) is 25.5. The van der Waals surface area contributed by atoms with Gasteiger partial charge in [-0.2, -0.15) is 5.10 Å². The summed E-state index contributed by atoms with van der Waals surface area (Å²) >= 11 is 0. The normalized spacial score (nSPS) is 11.2. The van der Waals surface area contributed by atoms with Crippen molar-refractivity contribution in [1.29, 1.82) is 0 Å². The molecule has 9 nitrogen and oxygen atoms in total. The van der Waals surface area contributed by atoms with E-state index in [0.717, 1.165) is 11.1 Å². The number of carbonyl (C=O) groups excluding carboxylic acids is 1. The number of pyridine rings is 2. The maximum absolute atomic E-state index is 13.4. The first-order chi connectivity index (χ1) is 17.6. The molecule has 0 atom stereocenters. The number of aromatic nitrogens is 4. The lowest BCUT2D eigenvalue weighted by Gasteiger charge is -2.20. The molecule has 0 unspecified atom stereocenters. The summed E-state index contributed by atoms with van der Waals surface area (Å²) in [5, 5.41) is 16.6. The molecule has 0 radical (unpaired) electrons. The van der Waals surface area contributed by atoms with E-state index in [-0.39, 0.29) is 24.6 Å². The van der Waals surface area contributed by atoms with Crippen LogP contribution in [0, 0.1) is 5.82 Å². The van der Waals surface area contributed by atoms with E-state index in [1.807, 2.05) is 12.1 Å². The fraction of sp³-hybridized carbons (Fsp3) is 0.222. The maximum Gasteiger partial charge on any atom is 0.407 e. The van der Waals surface area contributed by atoms with Crippen molar-refractivity contribution in [2.75, 3.05) is 0 Å². The largest absolute Gasteiger partial charge is 0.477 e. The van der Waals surface area contributed by atoms with Gasteiger partial charge in [0.25, 0.3) is 0 Å². The maximum atomic E-state index is 13.4. The van der Waals surface area contributed by atoms with Gasteiger partial charge in [-0.3, -0.25) is 9.67 Å². The van der Waals surface area contributed by atoms with Crippen LogP contribution in [0.1, 0.15) is 42.5 Å². The third-order valence-electron chi connectivity index (χ3n) is 5.22. The average molecular weight is 504 g/mol. The Bertz CT molecular complexity index is 1430. The number of alkyl carbamates (subject to hydrolysis) is 1. The molecule has 0 saturated carbocycles. The van der Waals surface area contributed by atoms with E-state index in [1.165, 1.54) is 18.2 Å². The van der Waals surface area contributed by atoms with Gasteiger partial charge in [0.05, 0.1) is 23.6 Å². The van der Waals surface area contributed by atoms with Gasteiger partial charge in [-0.15, -0.1) is 0 Å². The number of halogens is 1. The van der Waals surface area contributed by atoms with Crippen molar-refractivity contribution in [3.05, 3.63) is 89.8 Å². The summed E-state index contributed by atoms with van der Waals surface area (Å²) in [6, 6.07) is 14.4. The molecule has 190 valence electrons. The Kier molecular flexibility index (Phi) is 7.28. The first-order valence-electron chi connectivity index (χ1n) is 11.5. The minimum atomic E-state index is -1.10. The van der Waals surface area contributed by atoms with Crippen LogP contribution in [0.5, 0.6) is 0 Å². The lowest BCUT2D eigenvalue weighted by molar-refractivity contribution is 0.0523. The third-order valence-corrected chi connectivity index (χ3v) is 5.22. The van der Waals surface area contributed by atoms with E-state index in [9.17, 15) is 19.1 Å². The number of hydrogen-bond acceptors (Lipinski definition) is 6. The summed E-state index contributed by atoms with van der Waals surface area (Å²) in [7, 11) is 0. The molecule has 4 rings (SSSR count). The Labute approximate surface area is 213 Å². The van der Waals surface area contributed by atoms with Crippen LogP contribution in [-0.4, -0.2) is 42.5 Å². The molecule has 0 bridgehead atoms. The number of nitrogens with zero attached hydrogens (tertiary/aromatic N) is 4. The highest BCUT2D eigenvalue weighted by molar-refractivity contribution is 5.85. The van der Waals surface area contributed by atoms with Crippen molar-refractivity contribution >= 4 is 12.1 Å². The molecule has 0 fully saturated rings. The molecule has 3 aromatic heterocycles. The summed E-state index contributed by atoms with van der Waals surface area (Å²) in [4.78, 5) is 32.1. The summed E-state index contributed by atoms with van der Waals surface area (Å²) < 4.78 is 20.4. The molecule has 0 saturated heterocycles. The van der Waals surface area contributed by atoms with Crippen molar-refractivity contribution in [2.45, 2.75) is 39.5 Å². The smallest absolute Gasteiger partial charge is 0.407 e. The SMILES string of the molecule is CC(C)(C)OC(=O)NCc1cnc(-c2ccc(F)cc2)cc1-c1ccn(Cc2cccc(C(=O)O)n2)n1. The van der Waals surface area contributed by atoms with Crippen molar-refractivity contribution < 1.29 is 23.8 Å². The zero-order valence-electron chi connectivity index (χ0n) is 20.6. The standard InChI is InChI=1S/C27H26FN5O4/c1-27(2,3)37-26(36)30-15-18-14-29-24(17-7-9-19(28)10-8-17)13-21(18)22-11-12-33(32-22)16-20-5-4-6-23(31-20)25(34)35/h4-14H,15-16H2,1-3H3,(H,30,36)(H,34,35). The minimum Gasteiger partial charge on any atom is -0.477 e. The molecule has 0 aliphatic rings. The summed E-state index contributed by atoms with van der Waals surface area (Å²) in [5.74, 6) is -1.45. The van der Waals surface area contributed by atoms with Gasteiger partial charge in [0.2, 0.25) is 0 Å². The Morgan fingerprint density at radius 2 is 1.84 bits per heavy atom. The number of carbonyl (C=O) groups is 2. The molecular weight excluding hydrogens is 477 g/mol. The predicted molar refractivity (Wildman–Crippen MR) is 134 cm³/mol. The van der Waals surface area contributed by atoms with Gasteiger partial charge in [-0.1, -0.05) is 6.07 Å². The number of benzene rings is 1. The molecule has 3 heterocycles. The van der Waals surface area contributed by atoms with E-state index in [2.05, 4.69) is 20.4 Å². The van der Waals surface area contributed by atoms with Gasteiger partial charge in [0.1, 0.15) is 17.1 Å².